The third-order valence-corrected chi connectivity index (χ3v) is 5.16. The number of aryl methyl sites for hydroxylation is 1. The summed E-state index contributed by atoms with van der Waals surface area (Å²) < 4.78 is 18.8. The molecule has 1 fully saturated rings. The highest BCUT2D eigenvalue weighted by molar-refractivity contribution is 5.75. The first-order chi connectivity index (χ1) is 14.0. The van der Waals surface area contributed by atoms with Crippen molar-refractivity contribution in [3.8, 4) is 5.75 Å². The Balaban J connectivity index is 1.37. The van der Waals surface area contributed by atoms with Crippen molar-refractivity contribution < 1.29 is 19.0 Å². The molecule has 1 unspecified atom stereocenters. The number of Topliss-reactive ketones (excluding diaryl/α,β-unsaturated/α-hetero) is 1. The smallest absolute Gasteiger partial charge is 0.130 e. The molecule has 0 spiro atoms. The van der Waals surface area contributed by atoms with Gasteiger partial charge >= 0.3 is 0 Å². The number of ether oxygens (including phenoxy) is 1. The van der Waals surface area contributed by atoms with Crippen molar-refractivity contribution in [2.75, 3.05) is 44.2 Å². The van der Waals surface area contributed by atoms with Gasteiger partial charge in [-0.25, -0.2) is 4.39 Å². The van der Waals surface area contributed by atoms with Gasteiger partial charge in [-0.05, 0) is 55.3 Å². The fourth-order valence-electron chi connectivity index (χ4n) is 3.46. The molecule has 1 saturated heterocycles. The summed E-state index contributed by atoms with van der Waals surface area (Å²) in [5.41, 5.74) is 2.13. The predicted molar refractivity (Wildman–Crippen MR) is 112 cm³/mol. The summed E-state index contributed by atoms with van der Waals surface area (Å²) >= 11 is 0. The number of anilines is 1. The summed E-state index contributed by atoms with van der Waals surface area (Å²) in [5.74, 6) is 0.685. The zero-order chi connectivity index (χ0) is 20.6. The Hall–Kier alpha value is -2.44. The number of hydrogen-bond donors (Lipinski definition) is 1. The number of rotatable bonds is 9. The Morgan fingerprint density at radius 1 is 1.07 bits per heavy atom. The maximum atomic E-state index is 13.1. The topological polar surface area (TPSA) is 53.0 Å². The normalized spacial score (nSPS) is 15.9. The average Bonchev–Trinajstić information content (AvgIpc) is 2.73. The largest absolute Gasteiger partial charge is 0.491 e. The Kier molecular flexibility index (Phi) is 7.61. The Morgan fingerprint density at radius 2 is 1.72 bits per heavy atom. The van der Waals surface area contributed by atoms with Gasteiger partial charge in [0, 0.05) is 44.8 Å². The minimum Gasteiger partial charge on any atom is -0.491 e. The second-order valence-corrected chi connectivity index (χ2v) is 7.57. The van der Waals surface area contributed by atoms with Crippen molar-refractivity contribution in [3.63, 3.8) is 0 Å². The number of carbonyl (C=O) groups is 1. The SMILES string of the molecule is CC(=O)CCc1ccc(OCC(O)CN2CCN(c3ccc(F)cc3)CC2)cc1. The molecule has 0 radical (unpaired) electrons. The van der Waals surface area contributed by atoms with Gasteiger partial charge < -0.3 is 19.5 Å². The molecule has 1 atom stereocenters. The highest BCUT2D eigenvalue weighted by Gasteiger charge is 2.19. The molecule has 0 aromatic heterocycles. The molecule has 5 nitrogen and oxygen atoms in total. The fraction of sp³-hybridized carbons (Fsp3) is 0.435. The second kappa shape index (κ2) is 10.4. The third-order valence-electron chi connectivity index (χ3n) is 5.16. The number of piperazine rings is 1. The van der Waals surface area contributed by atoms with E-state index in [9.17, 15) is 14.3 Å². The Morgan fingerprint density at radius 3 is 2.34 bits per heavy atom. The molecular formula is C23H29FN2O3. The van der Waals surface area contributed by atoms with E-state index in [0.29, 0.717) is 13.0 Å². The van der Waals surface area contributed by atoms with Gasteiger partial charge in [-0.15, -0.1) is 0 Å². The lowest BCUT2D eigenvalue weighted by Crippen LogP contribution is -2.49. The summed E-state index contributed by atoms with van der Waals surface area (Å²) in [5, 5.41) is 10.3. The van der Waals surface area contributed by atoms with Crippen molar-refractivity contribution in [3.05, 3.63) is 59.9 Å². The number of aliphatic hydroxyl groups is 1. The first-order valence-electron chi connectivity index (χ1n) is 10.1. The minimum atomic E-state index is -0.565. The van der Waals surface area contributed by atoms with Crippen molar-refractivity contribution in [2.24, 2.45) is 0 Å². The molecule has 1 aliphatic rings. The third kappa shape index (κ3) is 6.84. The number of halogens is 1. The number of benzene rings is 2. The molecule has 0 bridgehead atoms. The summed E-state index contributed by atoms with van der Waals surface area (Å²) in [6.45, 7) is 5.79. The van der Waals surface area contributed by atoms with Gasteiger partial charge in [-0.3, -0.25) is 4.90 Å². The summed E-state index contributed by atoms with van der Waals surface area (Å²) in [6.07, 6.45) is 0.722. The molecule has 0 aliphatic carbocycles. The quantitative estimate of drug-likeness (QED) is 0.702. The Bertz CT molecular complexity index is 772. The minimum absolute atomic E-state index is 0.187. The van der Waals surface area contributed by atoms with Gasteiger partial charge in [0.2, 0.25) is 0 Å². The highest BCUT2D eigenvalue weighted by Crippen LogP contribution is 2.17. The molecule has 1 aliphatic heterocycles. The van der Waals surface area contributed by atoms with E-state index in [1.54, 1.807) is 19.1 Å². The average molecular weight is 400 g/mol. The number of carbonyl (C=O) groups excluding carboxylic acids is 1. The number of ketones is 1. The highest BCUT2D eigenvalue weighted by atomic mass is 19.1. The molecule has 2 aromatic carbocycles. The molecule has 1 N–H and O–H groups in total. The van der Waals surface area contributed by atoms with Gasteiger partial charge in [0.1, 0.15) is 30.1 Å². The molecule has 6 heteroatoms. The molecule has 2 aromatic rings. The predicted octanol–water partition coefficient (Wildman–Crippen LogP) is 2.91. The summed E-state index contributed by atoms with van der Waals surface area (Å²) in [4.78, 5) is 15.5. The zero-order valence-corrected chi connectivity index (χ0v) is 16.9. The van der Waals surface area contributed by atoms with Crippen LogP contribution in [0.1, 0.15) is 18.9 Å². The zero-order valence-electron chi connectivity index (χ0n) is 16.9. The maximum Gasteiger partial charge on any atom is 0.130 e. The number of β-amino-alcohol motifs (C(OH)–C–C–N with tert-alkyl or cyclic N) is 1. The van der Waals surface area contributed by atoms with Crippen LogP contribution in [0.2, 0.25) is 0 Å². The van der Waals surface area contributed by atoms with Crippen LogP contribution in [0.25, 0.3) is 0 Å². The van der Waals surface area contributed by atoms with Crippen molar-refractivity contribution in [1.29, 1.82) is 0 Å². The van der Waals surface area contributed by atoms with Crippen molar-refractivity contribution in [2.45, 2.75) is 25.9 Å². The van der Waals surface area contributed by atoms with Crippen LogP contribution in [-0.2, 0) is 11.2 Å². The molecular weight excluding hydrogens is 371 g/mol. The van der Waals surface area contributed by atoms with Crippen LogP contribution in [0.5, 0.6) is 5.75 Å². The van der Waals surface area contributed by atoms with Crippen LogP contribution in [-0.4, -0.2) is 61.2 Å². The van der Waals surface area contributed by atoms with E-state index in [0.717, 1.165) is 49.6 Å². The van der Waals surface area contributed by atoms with E-state index in [1.165, 1.54) is 12.1 Å². The standard InChI is InChI=1S/C23H29FN2O3/c1-18(27)2-3-19-4-10-23(11-5-19)29-17-22(28)16-25-12-14-26(15-13-25)21-8-6-20(24)7-9-21/h4-11,22,28H,2-3,12-17H2,1H3. The van der Waals surface area contributed by atoms with Gasteiger partial charge in [-0.1, -0.05) is 12.1 Å². The number of hydrogen-bond acceptors (Lipinski definition) is 5. The molecule has 0 saturated carbocycles. The van der Waals surface area contributed by atoms with E-state index < -0.39 is 6.10 Å². The van der Waals surface area contributed by atoms with Crippen molar-refractivity contribution in [1.82, 2.24) is 4.90 Å². The van der Waals surface area contributed by atoms with Crippen LogP contribution < -0.4 is 9.64 Å². The molecule has 0 amide bonds. The van der Waals surface area contributed by atoms with Crippen molar-refractivity contribution >= 4 is 11.5 Å². The van der Waals surface area contributed by atoms with Gasteiger partial charge in [0.15, 0.2) is 0 Å². The van der Waals surface area contributed by atoms with Gasteiger partial charge in [0.05, 0.1) is 0 Å². The molecule has 29 heavy (non-hydrogen) atoms. The summed E-state index contributed by atoms with van der Waals surface area (Å²) in [7, 11) is 0. The van der Waals surface area contributed by atoms with E-state index in [-0.39, 0.29) is 18.2 Å². The van der Waals surface area contributed by atoms with Crippen LogP contribution >= 0.6 is 0 Å². The van der Waals surface area contributed by atoms with Gasteiger partial charge in [0.25, 0.3) is 0 Å². The van der Waals surface area contributed by atoms with Crippen LogP contribution in [0.4, 0.5) is 10.1 Å². The first-order valence-corrected chi connectivity index (χ1v) is 10.1. The van der Waals surface area contributed by atoms with E-state index in [2.05, 4.69) is 9.80 Å². The second-order valence-electron chi connectivity index (χ2n) is 7.57. The lowest BCUT2D eigenvalue weighted by molar-refractivity contribution is -0.116. The number of nitrogens with zero attached hydrogens (tertiary/aromatic N) is 2. The Labute approximate surface area is 171 Å². The van der Waals surface area contributed by atoms with E-state index in [1.807, 2.05) is 24.3 Å². The number of aliphatic hydroxyl groups excluding tert-OH is 1. The summed E-state index contributed by atoms with van der Waals surface area (Å²) in [6, 6.07) is 14.3. The van der Waals surface area contributed by atoms with Crippen LogP contribution in [0, 0.1) is 5.82 Å². The lowest BCUT2D eigenvalue weighted by Gasteiger charge is -2.36. The molecule has 1 heterocycles. The van der Waals surface area contributed by atoms with E-state index in [4.69, 9.17) is 4.74 Å². The fourth-order valence-corrected chi connectivity index (χ4v) is 3.46. The first kappa shape index (κ1) is 21.3. The lowest BCUT2D eigenvalue weighted by atomic mass is 10.1. The monoisotopic (exact) mass is 400 g/mol. The van der Waals surface area contributed by atoms with Crippen LogP contribution in [0.15, 0.2) is 48.5 Å². The van der Waals surface area contributed by atoms with Crippen LogP contribution in [0.3, 0.4) is 0 Å². The van der Waals surface area contributed by atoms with Gasteiger partial charge in [-0.2, -0.15) is 0 Å². The molecule has 3 rings (SSSR count). The maximum absolute atomic E-state index is 13.1. The molecule has 156 valence electrons. The van der Waals surface area contributed by atoms with E-state index >= 15 is 0 Å².